The summed E-state index contributed by atoms with van der Waals surface area (Å²) in [7, 11) is 0. The van der Waals surface area contributed by atoms with Crippen LogP contribution in [0.5, 0.6) is 0 Å². The van der Waals surface area contributed by atoms with Crippen LogP contribution in [0, 0.1) is 12.7 Å². The summed E-state index contributed by atoms with van der Waals surface area (Å²) in [6, 6.07) is 13.0. The molecule has 0 spiro atoms. The number of hydrogen-bond acceptors (Lipinski definition) is 3. The number of hydrogen-bond donors (Lipinski definition) is 1. The molecule has 5 nitrogen and oxygen atoms in total. The van der Waals surface area contributed by atoms with Crippen LogP contribution in [0.25, 0.3) is 10.9 Å². The zero-order chi connectivity index (χ0) is 20.7. The highest BCUT2D eigenvalue weighted by Gasteiger charge is 2.35. The van der Waals surface area contributed by atoms with E-state index in [1.165, 1.54) is 46.1 Å². The Bertz CT molecular complexity index is 1130. The molecule has 0 unspecified atom stereocenters. The lowest BCUT2D eigenvalue weighted by molar-refractivity contribution is -0.123. The third-order valence-corrected chi connectivity index (χ3v) is 6.26. The zero-order valence-corrected chi connectivity index (χ0v) is 17.1. The Labute approximate surface area is 175 Å². The van der Waals surface area contributed by atoms with Crippen LogP contribution in [0.2, 0.25) is 0 Å². The SMILES string of the molecule is Cc1ccc2c(c1)c1c3n2CCN(CC(=O)NN=Cc2ccc(F)cc2)[C@@H]3CCC1. The van der Waals surface area contributed by atoms with Crippen molar-refractivity contribution >= 4 is 23.0 Å². The van der Waals surface area contributed by atoms with E-state index >= 15 is 0 Å². The van der Waals surface area contributed by atoms with E-state index in [2.05, 4.69) is 45.1 Å². The highest BCUT2D eigenvalue weighted by atomic mass is 19.1. The third kappa shape index (κ3) is 3.41. The quantitative estimate of drug-likeness (QED) is 0.529. The lowest BCUT2D eigenvalue weighted by atomic mass is 9.89. The molecule has 0 bridgehead atoms. The van der Waals surface area contributed by atoms with Crippen LogP contribution >= 0.6 is 0 Å². The van der Waals surface area contributed by atoms with Gasteiger partial charge in [0.25, 0.3) is 5.91 Å². The van der Waals surface area contributed by atoms with Gasteiger partial charge in [0.05, 0.1) is 18.8 Å². The van der Waals surface area contributed by atoms with Crippen molar-refractivity contribution in [3.63, 3.8) is 0 Å². The molecule has 2 heterocycles. The number of rotatable bonds is 4. The molecule has 0 fully saturated rings. The highest BCUT2D eigenvalue weighted by molar-refractivity contribution is 5.87. The Hall–Kier alpha value is -2.99. The standard InChI is InChI=1S/C24H25FN4O/c1-16-5-10-21-20(13-16)19-3-2-4-22-24(19)29(21)12-11-28(22)15-23(30)27-26-14-17-6-8-18(25)9-7-17/h5-10,13-14,22H,2-4,11-12,15H2,1H3,(H,27,30)/t22-/m1/s1. The largest absolute Gasteiger partial charge is 0.342 e. The second kappa shape index (κ2) is 7.69. The molecule has 30 heavy (non-hydrogen) atoms. The molecule has 6 heteroatoms. The van der Waals surface area contributed by atoms with Crippen molar-refractivity contribution in [1.82, 2.24) is 14.9 Å². The Balaban J connectivity index is 1.32. The van der Waals surface area contributed by atoms with Gasteiger partial charge in [0.15, 0.2) is 0 Å². The van der Waals surface area contributed by atoms with Gasteiger partial charge in [-0.1, -0.05) is 23.8 Å². The molecule has 1 aliphatic heterocycles. The summed E-state index contributed by atoms with van der Waals surface area (Å²) in [5, 5.41) is 5.41. The van der Waals surface area contributed by atoms with Gasteiger partial charge in [-0.15, -0.1) is 0 Å². The predicted molar refractivity (Wildman–Crippen MR) is 116 cm³/mol. The molecular formula is C24H25FN4O. The first-order valence-corrected chi connectivity index (χ1v) is 10.5. The lowest BCUT2D eigenvalue weighted by Gasteiger charge is -2.39. The van der Waals surface area contributed by atoms with Crippen molar-refractivity contribution in [2.45, 2.75) is 38.8 Å². The number of aryl methyl sites for hydroxylation is 2. The molecule has 1 aliphatic carbocycles. The van der Waals surface area contributed by atoms with E-state index in [1.807, 2.05) is 0 Å². The van der Waals surface area contributed by atoms with Gasteiger partial charge >= 0.3 is 0 Å². The first kappa shape index (κ1) is 19.0. The molecule has 0 radical (unpaired) electrons. The summed E-state index contributed by atoms with van der Waals surface area (Å²) in [5.41, 5.74) is 8.84. The Morgan fingerprint density at radius 2 is 2.07 bits per heavy atom. The van der Waals surface area contributed by atoms with Crippen LogP contribution in [0.15, 0.2) is 47.6 Å². The van der Waals surface area contributed by atoms with Gasteiger partial charge < -0.3 is 4.57 Å². The zero-order valence-electron chi connectivity index (χ0n) is 17.1. The van der Waals surface area contributed by atoms with Crippen LogP contribution < -0.4 is 5.43 Å². The molecule has 0 saturated carbocycles. The van der Waals surface area contributed by atoms with E-state index < -0.39 is 0 Å². The van der Waals surface area contributed by atoms with Gasteiger partial charge in [0, 0.05) is 29.7 Å². The number of fused-ring (bicyclic) bond motifs is 3. The average Bonchev–Trinajstić information content (AvgIpc) is 3.06. The highest BCUT2D eigenvalue weighted by Crippen LogP contribution is 2.42. The minimum atomic E-state index is -0.291. The van der Waals surface area contributed by atoms with E-state index in [-0.39, 0.29) is 17.8 Å². The van der Waals surface area contributed by atoms with Crippen LogP contribution in [-0.4, -0.2) is 34.7 Å². The molecule has 154 valence electrons. The van der Waals surface area contributed by atoms with Crippen molar-refractivity contribution in [1.29, 1.82) is 0 Å². The number of hydrazone groups is 1. The van der Waals surface area contributed by atoms with Gasteiger partial charge in [-0.3, -0.25) is 9.69 Å². The number of amides is 1. The van der Waals surface area contributed by atoms with E-state index in [4.69, 9.17) is 0 Å². The number of aromatic nitrogens is 1. The number of carbonyl (C=O) groups is 1. The minimum absolute atomic E-state index is 0.124. The molecule has 1 aromatic heterocycles. The number of nitrogens with one attached hydrogen (secondary N) is 1. The molecule has 3 aromatic rings. The second-order valence-electron chi connectivity index (χ2n) is 8.26. The maximum absolute atomic E-state index is 13.0. The minimum Gasteiger partial charge on any atom is -0.342 e. The molecule has 1 atom stereocenters. The summed E-state index contributed by atoms with van der Waals surface area (Å²) >= 11 is 0. The van der Waals surface area contributed by atoms with Crippen LogP contribution in [0.4, 0.5) is 4.39 Å². The number of halogens is 1. The topological polar surface area (TPSA) is 49.6 Å². The predicted octanol–water partition coefficient (Wildman–Crippen LogP) is 3.93. The summed E-state index contributed by atoms with van der Waals surface area (Å²) in [5.74, 6) is -0.415. The monoisotopic (exact) mass is 404 g/mol. The molecule has 2 aliphatic rings. The van der Waals surface area contributed by atoms with E-state index in [9.17, 15) is 9.18 Å². The normalized spacial score (nSPS) is 18.7. The summed E-state index contributed by atoms with van der Waals surface area (Å²) in [6.07, 6.45) is 4.87. The maximum Gasteiger partial charge on any atom is 0.254 e. The van der Waals surface area contributed by atoms with Crippen LogP contribution in [-0.2, 0) is 17.8 Å². The van der Waals surface area contributed by atoms with Crippen molar-refractivity contribution < 1.29 is 9.18 Å². The Morgan fingerprint density at radius 3 is 2.90 bits per heavy atom. The first-order valence-electron chi connectivity index (χ1n) is 10.5. The molecule has 1 amide bonds. The van der Waals surface area contributed by atoms with Crippen molar-refractivity contribution in [3.8, 4) is 0 Å². The third-order valence-electron chi connectivity index (χ3n) is 6.26. The van der Waals surface area contributed by atoms with Gasteiger partial charge in [-0.05, 0) is 61.6 Å². The van der Waals surface area contributed by atoms with E-state index in [0.29, 0.717) is 6.54 Å². The summed E-state index contributed by atoms with van der Waals surface area (Å²) < 4.78 is 15.4. The van der Waals surface area contributed by atoms with Crippen molar-refractivity contribution in [2.24, 2.45) is 5.10 Å². The Kier molecular flexibility index (Phi) is 4.87. The van der Waals surface area contributed by atoms with Gasteiger partial charge in [0.1, 0.15) is 5.82 Å². The van der Waals surface area contributed by atoms with Gasteiger partial charge in [0.2, 0.25) is 0 Å². The van der Waals surface area contributed by atoms with Crippen LogP contribution in [0.3, 0.4) is 0 Å². The molecule has 2 aromatic carbocycles. The average molecular weight is 404 g/mol. The number of carbonyl (C=O) groups excluding carboxylic acids is 1. The maximum atomic E-state index is 13.0. The van der Waals surface area contributed by atoms with Gasteiger partial charge in [-0.25, -0.2) is 9.82 Å². The van der Waals surface area contributed by atoms with Crippen molar-refractivity contribution in [3.05, 3.63) is 70.7 Å². The number of nitrogens with zero attached hydrogens (tertiary/aromatic N) is 3. The fourth-order valence-electron chi connectivity index (χ4n) is 4.93. The van der Waals surface area contributed by atoms with Crippen LogP contribution in [0.1, 0.15) is 41.3 Å². The molecule has 5 rings (SSSR count). The molecular weight excluding hydrogens is 379 g/mol. The fourth-order valence-corrected chi connectivity index (χ4v) is 4.93. The summed E-state index contributed by atoms with van der Waals surface area (Å²) in [4.78, 5) is 14.8. The Morgan fingerprint density at radius 1 is 1.23 bits per heavy atom. The number of benzene rings is 2. The van der Waals surface area contributed by atoms with Crippen molar-refractivity contribution in [2.75, 3.05) is 13.1 Å². The first-order chi connectivity index (χ1) is 14.6. The lowest BCUT2D eigenvalue weighted by Crippen LogP contribution is -2.44. The van der Waals surface area contributed by atoms with Gasteiger partial charge in [-0.2, -0.15) is 5.10 Å². The smallest absolute Gasteiger partial charge is 0.254 e. The summed E-state index contributed by atoms with van der Waals surface area (Å²) in [6.45, 7) is 4.22. The van der Waals surface area contributed by atoms with E-state index in [0.717, 1.165) is 37.9 Å². The molecule has 1 N–H and O–H groups in total. The van der Waals surface area contributed by atoms with E-state index in [1.54, 1.807) is 12.1 Å². The fraction of sp³-hybridized carbons (Fsp3) is 0.333. The molecule has 0 saturated heterocycles. The second-order valence-corrected chi connectivity index (χ2v) is 8.26.